The van der Waals surface area contributed by atoms with E-state index in [4.69, 9.17) is 0 Å². The van der Waals surface area contributed by atoms with Crippen molar-refractivity contribution in [1.29, 1.82) is 0 Å². The van der Waals surface area contributed by atoms with E-state index >= 15 is 0 Å². The van der Waals surface area contributed by atoms with Crippen LogP contribution in [0.5, 0.6) is 0 Å². The molecule has 21 heavy (non-hydrogen) atoms. The standard InChI is InChI=1S/C19H23N2/c1-14-4-6-18-17(11-14)13-21(3)9-8-20(18)12-16-10-15(2)5-7-19(16)21/h4-7,10-11H,8-9,12-13H2,1-3H3/q+1. The largest absolute Gasteiger partial charge is 0.361 e. The zero-order chi connectivity index (χ0) is 14.6. The maximum absolute atomic E-state index is 2.57. The number of anilines is 1. The van der Waals surface area contributed by atoms with Crippen LogP contribution in [-0.2, 0) is 13.1 Å². The monoisotopic (exact) mass is 279 g/mol. The lowest BCUT2D eigenvalue weighted by Gasteiger charge is -2.34. The van der Waals surface area contributed by atoms with Gasteiger partial charge in [-0.1, -0.05) is 23.3 Å². The van der Waals surface area contributed by atoms with E-state index in [0.29, 0.717) is 0 Å². The van der Waals surface area contributed by atoms with Crippen molar-refractivity contribution in [2.75, 3.05) is 25.0 Å². The highest BCUT2D eigenvalue weighted by Gasteiger charge is 2.37. The van der Waals surface area contributed by atoms with Gasteiger partial charge in [-0.05, 0) is 38.1 Å². The molecule has 0 aliphatic carbocycles. The van der Waals surface area contributed by atoms with E-state index in [1.165, 1.54) is 40.2 Å². The van der Waals surface area contributed by atoms with Crippen molar-refractivity contribution in [2.45, 2.75) is 26.9 Å². The summed E-state index contributed by atoms with van der Waals surface area (Å²) in [4.78, 5) is 2.57. The van der Waals surface area contributed by atoms with Crippen molar-refractivity contribution in [1.82, 2.24) is 4.48 Å². The third-order valence-electron chi connectivity index (χ3n) is 5.14. The van der Waals surface area contributed by atoms with Crippen molar-refractivity contribution >= 4 is 11.4 Å². The van der Waals surface area contributed by atoms with Gasteiger partial charge in [0, 0.05) is 23.4 Å². The Balaban J connectivity index is 1.93. The SMILES string of the molecule is Cc1ccc2c(c1)C[N+]1(C)CCN2Cc2cc(C)ccc21. The zero-order valence-electron chi connectivity index (χ0n) is 13.2. The van der Waals surface area contributed by atoms with Crippen LogP contribution in [-0.4, -0.2) is 20.1 Å². The van der Waals surface area contributed by atoms with Crippen molar-refractivity contribution in [3.05, 3.63) is 58.7 Å². The van der Waals surface area contributed by atoms with Gasteiger partial charge in [-0.3, -0.25) is 4.48 Å². The smallest absolute Gasteiger partial charge is 0.138 e. The maximum Gasteiger partial charge on any atom is 0.138 e. The minimum Gasteiger partial charge on any atom is -0.361 e. The predicted molar refractivity (Wildman–Crippen MR) is 89.7 cm³/mol. The van der Waals surface area contributed by atoms with Gasteiger partial charge in [-0.15, -0.1) is 0 Å². The molecular formula is C19H23N2+. The first-order chi connectivity index (χ1) is 10.0. The van der Waals surface area contributed by atoms with E-state index in [-0.39, 0.29) is 0 Å². The molecule has 0 spiro atoms. The molecule has 0 radical (unpaired) electrons. The summed E-state index contributed by atoms with van der Waals surface area (Å²) in [5, 5.41) is 0. The highest BCUT2D eigenvalue weighted by Crippen LogP contribution is 2.39. The van der Waals surface area contributed by atoms with Crippen LogP contribution >= 0.6 is 0 Å². The van der Waals surface area contributed by atoms with Crippen LogP contribution in [0, 0.1) is 13.8 Å². The second-order valence-electron chi connectivity index (χ2n) is 6.96. The molecule has 0 fully saturated rings. The highest BCUT2D eigenvalue weighted by molar-refractivity contribution is 5.63. The zero-order valence-corrected chi connectivity index (χ0v) is 13.2. The van der Waals surface area contributed by atoms with Crippen LogP contribution in [0.3, 0.4) is 0 Å². The Morgan fingerprint density at radius 3 is 2.48 bits per heavy atom. The van der Waals surface area contributed by atoms with Crippen molar-refractivity contribution < 1.29 is 0 Å². The normalized spacial score (nSPS) is 23.3. The molecule has 2 aromatic carbocycles. The van der Waals surface area contributed by atoms with Gasteiger partial charge in [0.05, 0.1) is 13.6 Å². The van der Waals surface area contributed by atoms with E-state index in [0.717, 1.165) is 24.1 Å². The Kier molecular flexibility index (Phi) is 2.67. The van der Waals surface area contributed by atoms with Gasteiger partial charge in [0.2, 0.25) is 0 Å². The van der Waals surface area contributed by atoms with Gasteiger partial charge < -0.3 is 4.90 Å². The van der Waals surface area contributed by atoms with Crippen LogP contribution < -0.4 is 9.38 Å². The fraction of sp³-hybridized carbons (Fsp3) is 0.368. The Morgan fingerprint density at radius 2 is 1.67 bits per heavy atom. The third kappa shape index (κ3) is 1.97. The summed E-state index contributed by atoms with van der Waals surface area (Å²) in [5.74, 6) is 0. The fourth-order valence-electron chi connectivity index (χ4n) is 4.01. The molecular weight excluding hydrogens is 256 g/mol. The lowest BCUT2D eigenvalue weighted by atomic mass is 10.0. The third-order valence-corrected chi connectivity index (χ3v) is 5.14. The summed E-state index contributed by atoms with van der Waals surface area (Å²) in [6.45, 7) is 8.86. The lowest BCUT2D eigenvalue weighted by molar-refractivity contribution is 0.339. The van der Waals surface area contributed by atoms with Gasteiger partial charge in [0.25, 0.3) is 0 Å². The lowest BCUT2D eigenvalue weighted by Crippen LogP contribution is -2.45. The van der Waals surface area contributed by atoms with E-state index in [2.05, 4.69) is 62.2 Å². The highest BCUT2D eigenvalue weighted by atomic mass is 15.4. The number of fused-ring (bicyclic) bond motifs is 7. The van der Waals surface area contributed by atoms with Gasteiger partial charge in [-0.2, -0.15) is 0 Å². The molecule has 2 heteroatoms. The van der Waals surface area contributed by atoms with Crippen LogP contribution in [0.4, 0.5) is 11.4 Å². The summed E-state index contributed by atoms with van der Waals surface area (Å²) in [6, 6.07) is 14.0. The van der Waals surface area contributed by atoms with Gasteiger partial charge >= 0.3 is 0 Å². The minimum absolute atomic E-state index is 1.03. The first-order valence-electron chi connectivity index (χ1n) is 7.84. The molecule has 0 aromatic heterocycles. The number of nitrogens with zero attached hydrogens (tertiary/aromatic N) is 2. The summed E-state index contributed by atoms with van der Waals surface area (Å²) in [5.41, 5.74) is 8.69. The van der Waals surface area contributed by atoms with Gasteiger partial charge in [0.1, 0.15) is 18.8 Å². The molecule has 0 amide bonds. The second-order valence-corrected chi connectivity index (χ2v) is 6.96. The van der Waals surface area contributed by atoms with Gasteiger partial charge in [-0.25, -0.2) is 0 Å². The number of benzene rings is 2. The molecule has 2 aromatic rings. The van der Waals surface area contributed by atoms with Crippen molar-refractivity contribution in [3.8, 4) is 0 Å². The first-order valence-corrected chi connectivity index (χ1v) is 7.84. The molecule has 1 atom stereocenters. The summed E-state index contributed by atoms with van der Waals surface area (Å²) in [7, 11) is 2.40. The van der Waals surface area contributed by atoms with Crippen LogP contribution in [0.25, 0.3) is 0 Å². The van der Waals surface area contributed by atoms with E-state index in [1.54, 1.807) is 0 Å². The van der Waals surface area contributed by atoms with Crippen LogP contribution in [0.15, 0.2) is 36.4 Å². The average molecular weight is 279 g/mol. The van der Waals surface area contributed by atoms with E-state index < -0.39 is 0 Å². The average Bonchev–Trinajstić information content (AvgIpc) is 2.64. The molecule has 0 saturated heterocycles. The number of hydrogen-bond donors (Lipinski definition) is 0. The molecule has 0 saturated carbocycles. The fourth-order valence-corrected chi connectivity index (χ4v) is 4.01. The van der Waals surface area contributed by atoms with E-state index in [9.17, 15) is 0 Å². The molecule has 0 N–H and O–H groups in total. The van der Waals surface area contributed by atoms with E-state index in [1.807, 2.05) is 0 Å². The Bertz CT molecular complexity index is 720. The molecule has 2 aliphatic heterocycles. The van der Waals surface area contributed by atoms with Crippen LogP contribution in [0.1, 0.15) is 22.3 Å². The Hall–Kier alpha value is -1.80. The summed E-state index contributed by atoms with van der Waals surface area (Å²) in [6.07, 6.45) is 0. The molecule has 4 rings (SSSR count). The number of quaternary nitrogens is 1. The topological polar surface area (TPSA) is 3.24 Å². The molecule has 1 unspecified atom stereocenters. The quantitative estimate of drug-likeness (QED) is 0.663. The minimum atomic E-state index is 1.03. The molecule has 2 nitrogen and oxygen atoms in total. The molecule has 2 aliphatic rings. The molecule has 2 heterocycles. The van der Waals surface area contributed by atoms with Gasteiger partial charge in [0.15, 0.2) is 0 Å². The predicted octanol–water partition coefficient (Wildman–Crippen LogP) is 3.77. The number of hydrogen-bond acceptors (Lipinski definition) is 1. The summed E-state index contributed by atoms with van der Waals surface area (Å²) >= 11 is 0. The summed E-state index contributed by atoms with van der Waals surface area (Å²) < 4.78 is 1.03. The van der Waals surface area contributed by atoms with Crippen molar-refractivity contribution in [3.63, 3.8) is 0 Å². The maximum atomic E-state index is 2.57. The second kappa shape index (κ2) is 4.35. The Morgan fingerprint density at radius 1 is 0.952 bits per heavy atom. The number of aryl methyl sites for hydroxylation is 2. The first kappa shape index (κ1) is 12.9. The number of likely N-dealkylation sites (N-methyl/N-ethyl adjacent to an activating group) is 1. The molecule has 108 valence electrons. The number of rotatable bonds is 0. The Labute approximate surface area is 127 Å². The molecule has 2 bridgehead atoms. The van der Waals surface area contributed by atoms with Crippen molar-refractivity contribution in [2.24, 2.45) is 0 Å². The van der Waals surface area contributed by atoms with Crippen LogP contribution in [0.2, 0.25) is 0 Å².